The van der Waals surface area contributed by atoms with E-state index in [2.05, 4.69) is 14.7 Å². The van der Waals surface area contributed by atoms with Crippen LogP contribution in [0.1, 0.15) is 31.2 Å². The van der Waals surface area contributed by atoms with Crippen molar-refractivity contribution in [1.82, 2.24) is 14.6 Å². The zero-order valence-electron chi connectivity index (χ0n) is 18.6. The van der Waals surface area contributed by atoms with E-state index < -0.39 is 14.9 Å². The van der Waals surface area contributed by atoms with Crippen LogP contribution in [-0.4, -0.2) is 67.7 Å². The van der Waals surface area contributed by atoms with Crippen molar-refractivity contribution in [2.75, 3.05) is 37.6 Å². The first-order valence-corrected chi connectivity index (χ1v) is 12.6. The van der Waals surface area contributed by atoms with Crippen LogP contribution in [0, 0.1) is 10.1 Å². The molecular weight excluding hydrogens is 460 g/mol. The van der Waals surface area contributed by atoms with Gasteiger partial charge in [-0.05, 0) is 31.0 Å². The number of pyridine rings is 1. The maximum Gasteiger partial charge on any atom is 0.287 e. The van der Waals surface area contributed by atoms with Gasteiger partial charge >= 0.3 is 0 Å². The van der Waals surface area contributed by atoms with Crippen molar-refractivity contribution in [3.05, 3.63) is 58.3 Å². The second-order valence-electron chi connectivity index (χ2n) is 8.14. The first-order valence-electron chi connectivity index (χ1n) is 11.1. The number of hydrogen-bond donors (Lipinski definition) is 1. The molecule has 0 spiro atoms. The number of anilines is 1. The van der Waals surface area contributed by atoms with E-state index in [4.69, 9.17) is 0 Å². The zero-order valence-corrected chi connectivity index (χ0v) is 19.4. The average molecular weight is 487 g/mol. The van der Waals surface area contributed by atoms with Gasteiger partial charge in [0.25, 0.3) is 15.7 Å². The number of nitro groups is 1. The molecule has 0 radical (unpaired) electrons. The second kappa shape index (κ2) is 10.2. The number of aromatic nitrogens is 1. The molecule has 1 aromatic heterocycles. The summed E-state index contributed by atoms with van der Waals surface area (Å²) in [5.41, 5.74) is 0.555. The predicted octanol–water partition coefficient (Wildman–Crippen LogP) is 1.94. The van der Waals surface area contributed by atoms with Crippen LogP contribution in [0.5, 0.6) is 0 Å². The van der Waals surface area contributed by atoms with Crippen LogP contribution in [0.2, 0.25) is 0 Å². The number of hydrogen-bond acceptors (Lipinski definition) is 8. The number of fused-ring (bicyclic) bond motifs is 1. The summed E-state index contributed by atoms with van der Waals surface area (Å²) in [4.78, 5) is 35.5. The van der Waals surface area contributed by atoms with Gasteiger partial charge in [0, 0.05) is 50.8 Å². The summed E-state index contributed by atoms with van der Waals surface area (Å²) in [6.45, 7) is 2.92. The van der Waals surface area contributed by atoms with E-state index in [1.165, 1.54) is 12.3 Å². The highest BCUT2D eigenvalue weighted by Crippen LogP contribution is 2.22. The minimum absolute atomic E-state index is 0.0432. The summed E-state index contributed by atoms with van der Waals surface area (Å²) >= 11 is 0. The third-order valence-corrected chi connectivity index (χ3v) is 7.28. The Kier molecular flexibility index (Phi) is 7.06. The van der Waals surface area contributed by atoms with Crippen LogP contribution >= 0.6 is 0 Å². The van der Waals surface area contributed by atoms with E-state index in [9.17, 15) is 23.3 Å². The van der Waals surface area contributed by atoms with E-state index in [1.54, 1.807) is 30.3 Å². The van der Waals surface area contributed by atoms with Gasteiger partial charge in [-0.1, -0.05) is 18.6 Å². The van der Waals surface area contributed by atoms with E-state index in [0.29, 0.717) is 56.4 Å². The second-order valence-corrected chi connectivity index (χ2v) is 9.79. The Balaban J connectivity index is 1.16. The normalized spacial score (nSPS) is 17.9. The van der Waals surface area contributed by atoms with Crippen LogP contribution in [0.15, 0.2) is 52.5 Å². The third kappa shape index (κ3) is 5.33. The highest BCUT2D eigenvalue weighted by atomic mass is 32.2. The van der Waals surface area contributed by atoms with Crippen molar-refractivity contribution >= 4 is 33.3 Å². The summed E-state index contributed by atoms with van der Waals surface area (Å²) in [6.07, 6.45) is 4.04. The number of carbonyl (C=O) groups is 1. The maximum atomic E-state index is 12.5. The number of rotatable bonds is 8. The first kappa shape index (κ1) is 23.6. The summed E-state index contributed by atoms with van der Waals surface area (Å²) in [5.74, 6) is 1.17. The van der Waals surface area contributed by atoms with Crippen molar-refractivity contribution < 1.29 is 18.1 Å². The molecule has 0 saturated carbocycles. The topological polar surface area (TPSA) is 138 Å². The molecule has 1 amide bonds. The summed E-state index contributed by atoms with van der Waals surface area (Å²) in [5, 5.41) is 10.8. The largest absolute Gasteiger partial charge is 0.353 e. The minimum atomic E-state index is -3.52. The molecule has 12 heteroatoms. The summed E-state index contributed by atoms with van der Waals surface area (Å²) < 4.78 is 26.7. The lowest BCUT2D eigenvalue weighted by atomic mass is 10.1. The van der Waals surface area contributed by atoms with E-state index in [1.807, 2.05) is 9.80 Å². The highest BCUT2D eigenvalue weighted by molar-refractivity contribution is 7.90. The Morgan fingerprint density at radius 2 is 1.85 bits per heavy atom. The number of amides is 1. The van der Waals surface area contributed by atoms with Crippen LogP contribution in [0.25, 0.3) is 0 Å². The first-order chi connectivity index (χ1) is 16.3. The van der Waals surface area contributed by atoms with Gasteiger partial charge in [0.15, 0.2) is 0 Å². The van der Waals surface area contributed by atoms with Crippen molar-refractivity contribution in [2.24, 2.45) is 4.99 Å². The van der Waals surface area contributed by atoms with Gasteiger partial charge in [0.05, 0.1) is 9.82 Å². The van der Waals surface area contributed by atoms with Gasteiger partial charge in [-0.3, -0.25) is 24.6 Å². The number of sulfonamides is 1. The van der Waals surface area contributed by atoms with E-state index >= 15 is 0 Å². The Morgan fingerprint density at radius 1 is 1.09 bits per heavy atom. The van der Waals surface area contributed by atoms with Crippen molar-refractivity contribution in [1.29, 1.82) is 0 Å². The number of nitrogens with one attached hydrogen (secondary N) is 1. The van der Waals surface area contributed by atoms with Crippen molar-refractivity contribution in [3.8, 4) is 0 Å². The standard InChI is InChI=1S/C22H26N6O5S/c29-21(27-14-12-26(13-15-27)20-10-9-17(16-24-20)28(30)31)8-2-1-5-11-23-22-18-6-3-4-7-19(18)34(32,33)25-22/h3-4,6-7,9-10,16H,1-2,5,8,11-15H2,(H,23,25). The van der Waals surface area contributed by atoms with Crippen LogP contribution in [0.4, 0.5) is 11.5 Å². The Bertz CT molecular complexity index is 1190. The lowest BCUT2D eigenvalue weighted by Gasteiger charge is -2.35. The SMILES string of the molecule is O=C(CCCCCN=C1NS(=O)(=O)c2ccccc21)N1CCN(c2ccc([N+](=O)[O-])cn2)CC1. The van der Waals surface area contributed by atoms with E-state index in [0.717, 1.165) is 19.3 Å². The minimum Gasteiger partial charge on any atom is -0.353 e. The molecule has 0 unspecified atom stereocenters. The molecule has 2 aliphatic heterocycles. The molecule has 1 aromatic carbocycles. The molecule has 0 atom stereocenters. The Hall–Kier alpha value is -3.54. The maximum absolute atomic E-state index is 12.5. The molecule has 2 aromatic rings. The molecule has 11 nitrogen and oxygen atoms in total. The average Bonchev–Trinajstić information content (AvgIpc) is 3.11. The third-order valence-electron chi connectivity index (χ3n) is 5.88. The van der Waals surface area contributed by atoms with Crippen LogP contribution < -0.4 is 9.62 Å². The van der Waals surface area contributed by atoms with Gasteiger partial charge in [-0.15, -0.1) is 0 Å². The quantitative estimate of drug-likeness (QED) is 0.342. The number of amidine groups is 1. The molecule has 1 saturated heterocycles. The predicted molar refractivity (Wildman–Crippen MR) is 126 cm³/mol. The molecule has 3 heterocycles. The highest BCUT2D eigenvalue weighted by Gasteiger charge is 2.29. The molecule has 180 valence electrons. The Labute approximate surface area is 197 Å². The number of aliphatic imine (C=N–C) groups is 1. The fourth-order valence-electron chi connectivity index (χ4n) is 4.02. The number of piperazine rings is 1. The zero-order chi connectivity index (χ0) is 24.1. The molecule has 34 heavy (non-hydrogen) atoms. The van der Waals surface area contributed by atoms with E-state index in [-0.39, 0.29) is 16.5 Å². The number of unbranched alkanes of at least 4 members (excludes halogenated alkanes) is 2. The van der Waals surface area contributed by atoms with Crippen LogP contribution in [0.3, 0.4) is 0 Å². The molecule has 4 rings (SSSR count). The number of benzene rings is 1. The lowest BCUT2D eigenvalue weighted by molar-refractivity contribution is -0.385. The molecule has 0 bridgehead atoms. The van der Waals surface area contributed by atoms with Gasteiger partial charge < -0.3 is 9.80 Å². The fraction of sp³-hybridized carbons (Fsp3) is 0.409. The molecule has 1 N–H and O–H groups in total. The number of nitrogens with zero attached hydrogens (tertiary/aromatic N) is 5. The lowest BCUT2D eigenvalue weighted by Crippen LogP contribution is -2.49. The number of carbonyl (C=O) groups excluding carboxylic acids is 1. The fourth-order valence-corrected chi connectivity index (χ4v) is 5.27. The Morgan fingerprint density at radius 3 is 2.56 bits per heavy atom. The monoisotopic (exact) mass is 486 g/mol. The van der Waals surface area contributed by atoms with Crippen molar-refractivity contribution in [3.63, 3.8) is 0 Å². The molecular formula is C22H26N6O5S. The summed E-state index contributed by atoms with van der Waals surface area (Å²) in [6, 6.07) is 9.84. The summed E-state index contributed by atoms with van der Waals surface area (Å²) in [7, 11) is -3.52. The van der Waals surface area contributed by atoms with Gasteiger partial charge in [0.2, 0.25) is 5.91 Å². The molecule has 2 aliphatic rings. The van der Waals surface area contributed by atoms with Crippen molar-refractivity contribution in [2.45, 2.75) is 30.6 Å². The smallest absolute Gasteiger partial charge is 0.287 e. The van der Waals surface area contributed by atoms with Gasteiger partial charge in [-0.25, -0.2) is 13.4 Å². The van der Waals surface area contributed by atoms with Gasteiger partial charge in [0.1, 0.15) is 17.9 Å². The molecule has 0 aliphatic carbocycles. The molecule has 1 fully saturated rings. The van der Waals surface area contributed by atoms with Crippen LogP contribution in [-0.2, 0) is 14.8 Å². The van der Waals surface area contributed by atoms with Gasteiger partial charge in [-0.2, -0.15) is 0 Å².